The third kappa shape index (κ3) is 6.86. The maximum Gasteiger partial charge on any atom is 0.406 e. The molecule has 0 aromatic carbocycles. The SMILES string of the molecule is COC(=O)CCCC(=O)[C@@H]1OP(=O)(NCCC(=O)OC)OCC1(C)C. The summed E-state index contributed by atoms with van der Waals surface area (Å²) in [6.45, 7) is 3.64. The van der Waals surface area contributed by atoms with Crippen molar-refractivity contribution in [2.45, 2.75) is 45.6 Å². The zero-order chi connectivity index (χ0) is 19.1. The van der Waals surface area contributed by atoms with Crippen molar-refractivity contribution in [2.75, 3.05) is 27.4 Å². The Morgan fingerprint density at radius 1 is 1.12 bits per heavy atom. The lowest BCUT2D eigenvalue weighted by Crippen LogP contribution is -2.46. The van der Waals surface area contributed by atoms with E-state index < -0.39 is 31.2 Å². The third-order valence-corrected chi connectivity index (χ3v) is 5.32. The Bertz CT molecular complexity index is 548. The van der Waals surface area contributed by atoms with Gasteiger partial charge in [-0.3, -0.25) is 23.4 Å². The topological polar surface area (TPSA) is 117 Å². The molecule has 0 amide bonds. The van der Waals surface area contributed by atoms with E-state index in [4.69, 9.17) is 9.05 Å². The van der Waals surface area contributed by atoms with Crippen LogP contribution < -0.4 is 5.09 Å². The molecule has 1 rings (SSSR count). The minimum absolute atomic E-state index is 0.00561. The zero-order valence-corrected chi connectivity index (χ0v) is 15.9. The molecule has 0 saturated carbocycles. The number of esters is 2. The molecule has 1 fully saturated rings. The van der Waals surface area contributed by atoms with Gasteiger partial charge in [-0.25, -0.2) is 9.65 Å². The predicted octanol–water partition coefficient (Wildman–Crippen LogP) is 1.60. The molecule has 1 N–H and O–H groups in total. The molecule has 0 aliphatic carbocycles. The lowest BCUT2D eigenvalue weighted by atomic mass is 9.84. The standard InChI is InChI=1S/C15H26NO8P/c1-15(2)10-23-25(20,16-9-8-13(19)22-4)24-14(15)11(17)6-5-7-12(18)21-3/h14H,5-10H2,1-4H3,(H,16,20)/t14-,25?/m0/s1. The summed E-state index contributed by atoms with van der Waals surface area (Å²) in [7, 11) is -1.16. The minimum Gasteiger partial charge on any atom is -0.469 e. The van der Waals surface area contributed by atoms with Crippen LogP contribution in [0.3, 0.4) is 0 Å². The number of rotatable bonds is 9. The first kappa shape index (κ1) is 21.8. The second kappa shape index (κ2) is 9.43. The van der Waals surface area contributed by atoms with E-state index in [2.05, 4.69) is 14.6 Å². The van der Waals surface area contributed by atoms with Crippen molar-refractivity contribution in [3.8, 4) is 0 Å². The van der Waals surface area contributed by atoms with Crippen LogP contribution in [0.1, 0.15) is 39.5 Å². The van der Waals surface area contributed by atoms with Gasteiger partial charge in [0.25, 0.3) is 0 Å². The molecule has 1 unspecified atom stereocenters. The van der Waals surface area contributed by atoms with Gasteiger partial charge in [0.2, 0.25) is 0 Å². The third-order valence-electron chi connectivity index (χ3n) is 3.75. The van der Waals surface area contributed by atoms with E-state index >= 15 is 0 Å². The van der Waals surface area contributed by atoms with Gasteiger partial charge in [-0.15, -0.1) is 0 Å². The Morgan fingerprint density at radius 3 is 2.32 bits per heavy atom. The summed E-state index contributed by atoms with van der Waals surface area (Å²) < 4.78 is 32.4. The molecule has 1 aliphatic rings. The molecule has 0 aromatic rings. The van der Waals surface area contributed by atoms with Crippen LogP contribution in [0.25, 0.3) is 0 Å². The summed E-state index contributed by atoms with van der Waals surface area (Å²) in [6.07, 6.45) is -0.390. The largest absolute Gasteiger partial charge is 0.469 e. The van der Waals surface area contributed by atoms with Crippen LogP contribution in [0, 0.1) is 5.41 Å². The quantitative estimate of drug-likeness (QED) is 0.471. The Balaban J connectivity index is 2.63. The first-order valence-electron chi connectivity index (χ1n) is 7.98. The highest BCUT2D eigenvalue weighted by atomic mass is 31.2. The number of hydrogen-bond acceptors (Lipinski definition) is 8. The van der Waals surface area contributed by atoms with Crippen LogP contribution in [-0.2, 0) is 37.5 Å². The summed E-state index contributed by atoms with van der Waals surface area (Å²) >= 11 is 0. The molecular weight excluding hydrogens is 353 g/mol. The van der Waals surface area contributed by atoms with Crippen LogP contribution in [0.15, 0.2) is 0 Å². The molecule has 10 heteroatoms. The van der Waals surface area contributed by atoms with E-state index in [1.165, 1.54) is 14.2 Å². The molecule has 144 valence electrons. The number of nitrogens with one attached hydrogen (secondary N) is 1. The summed E-state index contributed by atoms with van der Waals surface area (Å²) in [5.41, 5.74) is -0.666. The maximum atomic E-state index is 12.6. The van der Waals surface area contributed by atoms with Gasteiger partial charge in [0.05, 0.1) is 27.2 Å². The van der Waals surface area contributed by atoms with E-state index in [1.807, 2.05) is 0 Å². The average molecular weight is 379 g/mol. The number of ether oxygens (including phenoxy) is 2. The van der Waals surface area contributed by atoms with Crippen LogP contribution in [0.2, 0.25) is 0 Å². The molecule has 1 aliphatic heterocycles. The van der Waals surface area contributed by atoms with Crippen LogP contribution in [-0.4, -0.2) is 51.2 Å². The molecule has 9 nitrogen and oxygen atoms in total. The van der Waals surface area contributed by atoms with Gasteiger partial charge in [0, 0.05) is 24.8 Å². The van der Waals surface area contributed by atoms with Gasteiger partial charge in [0.1, 0.15) is 6.10 Å². The number of hydrogen-bond donors (Lipinski definition) is 1. The molecule has 0 radical (unpaired) electrons. The number of carbonyl (C=O) groups excluding carboxylic acids is 3. The molecule has 25 heavy (non-hydrogen) atoms. The monoisotopic (exact) mass is 379 g/mol. The summed E-state index contributed by atoms with van der Waals surface area (Å²) in [4.78, 5) is 34.7. The van der Waals surface area contributed by atoms with Gasteiger partial charge < -0.3 is 9.47 Å². The Kier molecular flexibility index (Phi) is 8.21. The first-order valence-corrected chi connectivity index (χ1v) is 9.52. The molecule has 1 heterocycles. The summed E-state index contributed by atoms with van der Waals surface area (Å²) in [5.74, 6) is -1.12. The van der Waals surface area contributed by atoms with Gasteiger partial charge in [-0.2, -0.15) is 0 Å². The Labute approximate surface area is 147 Å². The van der Waals surface area contributed by atoms with Crippen LogP contribution >= 0.6 is 7.75 Å². The number of carbonyl (C=O) groups is 3. The average Bonchev–Trinajstić information content (AvgIpc) is 2.56. The van der Waals surface area contributed by atoms with Crippen molar-refractivity contribution in [2.24, 2.45) is 5.41 Å². The summed E-state index contributed by atoms with van der Waals surface area (Å²) in [6, 6.07) is 0. The van der Waals surface area contributed by atoms with Crippen molar-refractivity contribution < 1.29 is 37.5 Å². The number of Topliss-reactive ketones (excluding diaryl/α,β-unsaturated/α-hetero) is 1. The fraction of sp³-hybridized carbons (Fsp3) is 0.800. The lowest BCUT2D eigenvalue weighted by Gasteiger charge is -2.40. The zero-order valence-electron chi connectivity index (χ0n) is 15.0. The summed E-state index contributed by atoms with van der Waals surface area (Å²) in [5, 5.41) is 2.55. The fourth-order valence-electron chi connectivity index (χ4n) is 2.25. The van der Waals surface area contributed by atoms with E-state index in [1.54, 1.807) is 13.8 Å². The number of methoxy groups -OCH3 is 2. The maximum absolute atomic E-state index is 12.6. The van der Waals surface area contributed by atoms with Crippen LogP contribution in [0.4, 0.5) is 0 Å². The fourth-order valence-corrected chi connectivity index (χ4v) is 4.05. The Morgan fingerprint density at radius 2 is 1.72 bits per heavy atom. The smallest absolute Gasteiger partial charge is 0.406 e. The van der Waals surface area contributed by atoms with E-state index in [9.17, 15) is 18.9 Å². The molecule has 2 atom stereocenters. The van der Waals surface area contributed by atoms with Crippen molar-refractivity contribution >= 4 is 25.5 Å². The van der Waals surface area contributed by atoms with Gasteiger partial charge >= 0.3 is 19.7 Å². The second-order valence-electron chi connectivity index (χ2n) is 6.38. The first-order chi connectivity index (χ1) is 11.6. The van der Waals surface area contributed by atoms with E-state index in [0.29, 0.717) is 6.42 Å². The molecule has 0 spiro atoms. The molecule has 1 saturated heterocycles. The van der Waals surface area contributed by atoms with Crippen molar-refractivity contribution in [1.82, 2.24) is 5.09 Å². The van der Waals surface area contributed by atoms with Crippen molar-refractivity contribution in [3.63, 3.8) is 0 Å². The van der Waals surface area contributed by atoms with E-state index in [0.717, 1.165) is 0 Å². The van der Waals surface area contributed by atoms with Gasteiger partial charge in [-0.05, 0) is 6.42 Å². The molecule has 0 bridgehead atoms. The minimum atomic E-state index is -3.70. The molecular formula is C15H26NO8P. The second-order valence-corrected chi connectivity index (χ2v) is 8.16. The molecule has 0 aromatic heterocycles. The van der Waals surface area contributed by atoms with E-state index in [-0.39, 0.29) is 38.2 Å². The van der Waals surface area contributed by atoms with Crippen molar-refractivity contribution in [1.29, 1.82) is 0 Å². The normalized spacial score (nSPS) is 25.2. The Hall–Kier alpha value is -1.28. The highest BCUT2D eigenvalue weighted by molar-refractivity contribution is 7.51. The predicted molar refractivity (Wildman–Crippen MR) is 87.7 cm³/mol. The highest BCUT2D eigenvalue weighted by Crippen LogP contribution is 2.53. The highest BCUT2D eigenvalue weighted by Gasteiger charge is 2.47. The lowest BCUT2D eigenvalue weighted by molar-refractivity contribution is -0.142. The van der Waals surface area contributed by atoms with Crippen molar-refractivity contribution in [3.05, 3.63) is 0 Å². The van der Waals surface area contributed by atoms with Crippen LogP contribution in [0.5, 0.6) is 0 Å². The van der Waals surface area contributed by atoms with Gasteiger partial charge in [0.15, 0.2) is 5.78 Å². The number of ketones is 1. The van der Waals surface area contributed by atoms with Gasteiger partial charge in [-0.1, -0.05) is 13.8 Å².